The highest BCUT2D eigenvalue weighted by atomic mass is 32.2. The molecule has 7 heteroatoms. The smallest absolute Gasteiger partial charge is 0.326 e. The van der Waals surface area contributed by atoms with Crippen molar-refractivity contribution in [1.29, 1.82) is 0 Å². The number of rotatable bonds is 7. The summed E-state index contributed by atoms with van der Waals surface area (Å²) in [5, 5.41) is -0.466. The number of nitrogens with zero attached hydrogens (tertiary/aromatic N) is 1. The van der Waals surface area contributed by atoms with Gasteiger partial charge in [-0.2, -0.15) is 0 Å². The van der Waals surface area contributed by atoms with E-state index < -0.39 is 17.1 Å². The second-order valence-corrected chi connectivity index (χ2v) is 7.40. The molecule has 6 nitrogen and oxygen atoms in total. The van der Waals surface area contributed by atoms with Crippen molar-refractivity contribution >= 4 is 35.0 Å². The number of benzene rings is 1. The van der Waals surface area contributed by atoms with Crippen LogP contribution in [0.2, 0.25) is 0 Å². The number of imide groups is 1. The number of esters is 1. The highest BCUT2D eigenvalue weighted by Gasteiger charge is 2.36. The zero-order chi connectivity index (χ0) is 20.1. The lowest BCUT2D eigenvalue weighted by Crippen LogP contribution is -2.34. The summed E-state index contributed by atoms with van der Waals surface area (Å²) in [4.78, 5) is 37.5. The predicted molar refractivity (Wildman–Crippen MR) is 106 cm³/mol. The molecule has 0 unspecified atom stereocenters. The van der Waals surface area contributed by atoms with Crippen LogP contribution in [0, 0.1) is 6.92 Å². The lowest BCUT2D eigenvalue weighted by atomic mass is 9.96. The maximum Gasteiger partial charge on any atom is 0.326 e. The second kappa shape index (κ2) is 9.08. The van der Waals surface area contributed by atoms with Crippen molar-refractivity contribution in [3.8, 4) is 5.75 Å². The summed E-state index contributed by atoms with van der Waals surface area (Å²) in [6.07, 6.45) is 1.70. The Labute approximate surface area is 163 Å². The number of aryl methyl sites for hydroxylation is 1. The van der Waals surface area contributed by atoms with E-state index in [9.17, 15) is 14.4 Å². The summed E-state index contributed by atoms with van der Waals surface area (Å²) in [5.41, 5.74) is 2.84. The first-order chi connectivity index (χ1) is 12.8. The van der Waals surface area contributed by atoms with Crippen molar-refractivity contribution < 1.29 is 23.9 Å². The van der Waals surface area contributed by atoms with Crippen molar-refractivity contribution in [1.82, 2.24) is 4.90 Å². The zero-order valence-corrected chi connectivity index (χ0v) is 17.1. The standard InChI is InChI=1S/C20H25NO5S/c1-6-25-16-8-13(5)14(9-15(16)12(3)4)10-17-19(23)21(20(24)27-17)11-18(22)26-7-2/h8-10,12H,6-7,11H2,1-5H3/b17-10+. The fraction of sp³-hybridized carbons (Fsp3) is 0.450. The molecule has 1 fully saturated rings. The van der Waals surface area contributed by atoms with Gasteiger partial charge < -0.3 is 9.47 Å². The minimum absolute atomic E-state index is 0.203. The number of thioether (sulfide) groups is 1. The van der Waals surface area contributed by atoms with Crippen molar-refractivity contribution in [2.75, 3.05) is 19.8 Å². The highest BCUT2D eigenvalue weighted by Crippen LogP contribution is 2.35. The Morgan fingerprint density at radius 2 is 1.93 bits per heavy atom. The molecule has 0 atom stereocenters. The van der Waals surface area contributed by atoms with E-state index in [-0.39, 0.29) is 19.1 Å². The molecule has 1 aliphatic heterocycles. The third kappa shape index (κ3) is 4.91. The normalized spacial score (nSPS) is 15.8. The van der Waals surface area contributed by atoms with Gasteiger partial charge in [-0.3, -0.25) is 19.3 Å². The Kier molecular flexibility index (Phi) is 7.07. The molecule has 27 heavy (non-hydrogen) atoms. The van der Waals surface area contributed by atoms with Crippen LogP contribution in [-0.2, 0) is 14.3 Å². The molecule has 1 aliphatic rings. The molecule has 1 heterocycles. The van der Waals surface area contributed by atoms with E-state index in [0.717, 1.165) is 39.1 Å². The van der Waals surface area contributed by atoms with Gasteiger partial charge in [-0.25, -0.2) is 0 Å². The minimum atomic E-state index is -0.597. The van der Waals surface area contributed by atoms with Gasteiger partial charge in [-0.05, 0) is 73.4 Å². The lowest BCUT2D eigenvalue weighted by molar-refractivity contribution is -0.145. The van der Waals surface area contributed by atoms with Crippen LogP contribution in [0.15, 0.2) is 17.0 Å². The van der Waals surface area contributed by atoms with Crippen molar-refractivity contribution in [3.05, 3.63) is 33.7 Å². The van der Waals surface area contributed by atoms with Gasteiger partial charge in [-0.15, -0.1) is 0 Å². The third-order valence-electron chi connectivity index (χ3n) is 4.07. The van der Waals surface area contributed by atoms with E-state index >= 15 is 0 Å². The quantitative estimate of drug-likeness (QED) is 0.514. The molecule has 2 amide bonds. The van der Waals surface area contributed by atoms with Crippen LogP contribution in [0.25, 0.3) is 6.08 Å². The van der Waals surface area contributed by atoms with E-state index in [1.807, 2.05) is 26.0 Å². The number of carbonyl (C=O) groups is 3. The lowest BCUT2D eigenvalue weighted by Gasteiger charge is -2.16. The number of carbonyl (C=O) groups excluding carboxylic acids is 3. The largest absolute Gasteiger partial charge is 0.494 e. The Morgan fingerprint density at radius 3 is 2.52 bits per heavy atom. The Hall–Kier alpha value is -2.28. The SMILES string of the molecule is CCOC(=O)CN1C(=O)S/C(=C/c2cc(C(C)C)c(OCC)cc2C)C1=O. The number of hydrogen-bond donors (Lipinski definition) is 0. The first kappa shape index (κ1) is 21.0. The summed E-state index contributed by atoms with van der Waals surface area (Å²) < 4.78 is 10.5. The van der Waals surface area contributed by atoms with Gasteiger partial charge in [0, 0.05) is 0 Å². The molecule has 0 N–H and O–H groups in total. The van der Waals surface area contributed by atoms with Crippen molar-refractivity contribution in [2.45, 2.75) is 40.5 Å². The topological polar surface area (TPSA) is 72.9 Å². The monoisotopic (exact) mass is 391 g/mol. The van der Waals surface area contributed by atoms with E-state index in [4.69, 9.17) is 9.47 Å². The molecule has 0 aromatic heterocycles. The van der Waals surface area contributed by atoms with Crippen LogP contribution in [-0.4, -0.2) is 41.8 Å². The first-order valence-corrected chi connectivity index (χ1v) is 9.78. The van der Waals surface area contributed by atoms with Crippen molar-refractivity contribution in [3.63, 3.8) is 0 Å². The maximum absolute atomic E-state index is 12.5. The van der Waals surface area contributed by atoms with E-state index in [1.54, 1.807) is 13.0 Å². The summed E-state index contributed by atoms with van der Waals surface area (Å²) in [6, 6.07) is 3.94. The molecule has 0 spiro atoms. The average Bonchev–Trinajstić information content (AvgIpc) is 2.85. The number of ether oxygens (including phenoxy) is 2. The predicted octanol–water partition coefficient (Wildman–Crippen LogP) is 4.12. The number of hydrogen-bond acceptors (Lipinski definition) is 6. The van der Waals surface area contributed by atoms with Gasteiger partial charge in [0.25, 0.3) is 11.1 Å². The van der Waals surface area contributed by atoms with Crippen LogP contribution in [0.5, 0.6) is 5.75 Å². The molecule has 1 aromatic carbocycles. The van der Waals surface area contributed by atoms with Crippen LogP contribution >= 0.6 is 11.8 Å². The first-order valence-electron chi connectivity index (χ1n) is 8.96. The van der Waals surface area contributed by atoms with Crippen LogP contribution in [0.1, 0.15) is 50.3 Å². The molecule has 2 rings (SSSR count). The molecule has 0 saturated carbocycles. The summed E-state index contributed by atoms with van der Waals surface area (Å²) in [7, 11) is 0. The summed E-state index contributed by atoms with van der Waals surface area (Å²) in [5.74, 6) is 0.00793. The second-order valence-electron chi connectivity index (χ2n) is 6.41. The average molecular weight is 391 g/mol. The van der Waals surface area contributed by atoms with E-state index in [1.165, 1.54) is 0 Å². The van der Waals surface area contributed by atoms with Crippen LogP contribution < -0.4 is 4.74 Å². The molecule has 0 bridgehead atoms. The molecule has 1 aromatic rings. The molecule has 1 saturated heterocycles. The Balaban J connectivity index is 2.33. The van der Waals surface area contributed by atoms with Gasteiger partial charge in [-0.1, -0.05) is 13.8 Å². The van der Waals surface area contributed by atoms with Gasteiger partial charge in [0.05, 0.1) is 18.1 Å². The fourth-order valence-corrected chi connectivity index (χ4v) is 3.55. The van der Waals surface area contributed by atoms with Gasteiger partial charge in [0.15, 0.2) is 0 Å². The third-order valence-corrected chi connectivity index (χ3v) is 4.98. The maximum atomic E-state index is 12.5. The fourth-order valence-electron chi connectivity index (χ4n) is 2.72. The molecular formula is C20H25NO5S. The van der Waals surface area contributed by atoms with E-state index in [2.05, 4.69) is 13.8 Å². The molecule has 146 valence electrons. The van der Waals surface area contributed by atoms with Gasteiger partial charge >= 0.3 is 5.97 Å². The van der Waals surface area contributed by atoms with Gasteiger partial charge in [0.1, 0.15) is 12.3 Å². The Morgan fingerprint density at radius 1 is 1.22 bits per heavy atom. The van der Waals surface area contributed by atoms with Gasteiger partial charge in [0.2, 0.25) is 0 Å². The van der Waals surface area contributed by atoms with Crippen LogP contribution in [0.4, 0.5) is 4.79 Å². The highest BCUT2D eigenvalue weighted by molar-refractivity contribution is 8.18. The van der Waals surface area contributed by atoms with Crippen LogP contribution in [0.3, 0.4) is 0 Å². The summed E-state index contributed by atoms with van der Waals surface area (Å²) >= 11 is 0.834. The summed E-state index contributed by atoms with van der Waals surface area (Å²) in [6.45, 7) is 10.1. The minimum Gasteiger partial charge on any atom is -0.494 e. The zero-order valence-electron chi connectivity index (χ0n) is 16.3. The van der Waals surface area contributed by atoms with E-state index in [0.29, 0.717) is 11.5 Å². The van der Waals surface area contributed by atoms with Crippen molar-refractivity contribution in [2.24, 2.45) is 0 Å². The number of amides is 2. The molecule has 0 radical (unpaired) electrons. The molecular weight excluding hydrogens is 366 g/mol. The Bertz CT molecular complexity index is 785. The molecule has 0 aliphatic carbocycles.